The van der Waals surface area contributed by atoms with E-state index in [1.165, 1.54) is 29.3 Å². The molecule has 0 radical (unpaired) electrons. The van der Waals surface area contributed by atoms with Gasteiger partial charge in [0.2, 0.25) is 10.0 Å². The molecule has 0 bridgehead atoms. The van der Waals surface area contributed by atoms with Crippen molar-refractivity contribution >= 4 is 49.1 Å². The van der Waals surface area contributed by atoms with Crippen LogP contribution in [0, 0.1) is 5.92 Å². The Morgan fingerprint density at radius 1 is 1.27 bits per heavy atom. The van der Waals surface area contributed by atoms with Crippen LogP contribution in [0.25, 0.3) is 0 Å². The third kappa shape index (κ3) is 4.27. The number of nitrogens with zero attached hydrogens (tertiary/aromatic N) is 1. The average molecular weight is 425 g/mol. The van der Waals surface area contributed by atoms with Gasteiger partial charge in [-0.3, -0.25) is 4.90 Å². The van der Waals surface area contributed by atoms with Crippen LogP contribution in [0.1, 0.15) is 19.3 Å². The molecule has 1 N–H and O–H groups in total. The van der Waals surface area contributed by atoms with Crippen molar-refractivity contribution in [2.75, 3.05) is 31.1 Å². The maximum Gasteiger partial charge on any atom is 0.250 e. The number of thioether (sulfide) groups is 1. The van der Waals surface area contributed by atoms with Crippen LogP contribution in [0.3, 0.4) is 0 Å². The van der Waals surface area contributed by atoms with Crippen LogP contribution in [0.4, 0.5) is 0 Å². The Kier molecular flexibility index (Phi) is 5.89. The molecule has 1 atom stereocenters. The lowest BCUT2D eigenvalue weighted by molar-refractivity contribution is 0.145. The van der Waals surface area contributed by atoms with E-state index in [4.69, 9.17) is 0 Å². The van der Waals surface area contributed by atoms with E-state index < -0.39 is 10.0 Å². The molecule has 3 rings (SSSR count). The van der Waals surface area contributed by atoms with E-state index in [0.29, 0.717) is 16.7 Å². The Balaban J connectivity index is 1.47. The second kappa shape index (κ2) is 7.53. The number of likely N-dealkylation sites (tertiary alicyclic amines) is 1. The van der Waals surface area contributed by atoms with E-state index in [9.17, 15) is 8.42 Å². The lowest BCUT2D eigenvalue weighted by Gasteiger charge is -2.35. The highest BCUT2D eigenvalue weighted by atomic mass is 79.9. The highest BCUT2D eigenvalue weighted by molar-refractivity contribution is 9.11. The smallest absolute Gasteiger partial charge is 0.250 e. The monoisotopic (exact) mass is 424 g/mol. The summed E-state index contributed by atoms with van der Waals surface area (Å²) in [5, 5.41) is 0. The van der Waals surface area contributed by atoms with Crippen molar-refractivity contribution in [3.05, 3.63) is 15.9 Å². The van der Waals surface area contributed by atoms with Crippen molar-refractivity contribution in [3.8, 4) is 0 Å². The molecule has 8 heteroatoms. The number of hydrogen-bond acceptors (Lipinski definition) is 5. The first-order chi connectivity index (χ1) is 10.5. The van der Waals surface area contributed by atoms with Gasteiger partial charge in [0.25, 0.3) is 0 Å². The van der Waals surface area contributed by atoms with Crippen LogP contribution >= 0.6 is 39.0 Å². The van der Waals surface area contributed by atoms with Crippen molar-refractivity contribution in [1.82, 2.24) is 9.62 Å². The van der Waals surface area contributed by atoms with Gasteiger partial charge >= 0.3 is 0 Å². The van der Waals surface area contributed by atoms with Gasteiger partial charge in [0.1, 0.15) is 4.21 Å². The minimum Gasteiger partial charge on any atom is -0.300 e. The summed E-state index contributed by atoms with van der Waals surface area (Å²) in [5.74, 6) is 3.02. The standard InChI is InChI=1S/C14H21BrN2O2S3/c15-13-1-2-14(21-13)22(18,19)16-9-11-3-6-17(7-4-11)12-5-8-20-10-12/h1-2,11-12,16H,3-10H2/t12-/m0/s1. The van der Waals surface area contributed by atoms with Gasteiger partial charge in [-0.2, -0.15) is 11.8 Å². The second-order valence-corrected chi connectivity index (χ2v) is 11.5. The number of hydrogen-bond donors (Lipinski definition) is 1. The van der Waals surface area contributed by atoms with Gasteiger partial charge in [-0.05, 0) is 72.1 Å². The minimum absolute atomic E-state index is 0.389. The molecule has 22 heavy (non-hydrogen) atoms. The Bertz CT molecular complexity index is 591. The fourth-order valence-electron chi connectivity index (χ4n) is 3.07. The number of sulfonamides is 1. The molecule has 2 aliphatic heterocycles. The number of thiophene rings is 1. The molecule has 3 heterocycles. The van der Waals surface area contributed by atoms with Crippen LogP contribution in [-0.4, -0.2) is 50.5 Å². The van der Waals surface area contributed by atoms with Gasteiger partial charge in [0.05, 0.1) is 3.79 Å². The molecule has 1 aromatic rings. The number of piperidine rings is 1. The minimum atomic E-state index is -3.35. The third-order valence-corrected chi connectivity index (χ3v) is 9.13. The topological polar surface area (TPSA) is 49.4 Å². The summed E-state index contributed by atoms with van der Waals surface area (Å²) in [6, 6.07) is 4.18. The lowest BCUT2D eigenvalue weighted by Crippen LogP contribution is -2.43. The zero-order chi connectivity index (χ0) is 15.6. The summed E-state index contributed by atoms with van der Waals surface area (Å²) >= 11 is 6.62. The fraction of sp³-hybridized carbons (Fsp3) is 0.714. The quantitative estimate of drug-likeness (QED) is 0.788. The van der Waals surface area contributed by atoms with Crippen LogP contribution in [0.15, 0.2) is 20.1 Å². The highest BCUT2D eigenvalue weighted by Crippen LogP contribution is 2.28. The van der Waals surface area contributed by atoms with Crippen molar-refractivity contribution in [2.24, 2.45) is 5.92 Å². The van der Waals surface area contributed by atoms with Crippen molar-refractivity contribution < 1.29 is 8.42 Å². The average Bonchev–Trinajstić information content (AvgIpc) is 3.17. The van der Waals surface area contributed by atoms with Crippen molar-refractivity contribution in [2.45, 2.75) is 29.5 Å². The van der Waals surface area contributed by atoms with Crippen molar-refractivity contribution in [1.29, 1.82) is 0 Å². The molecule has 0 aromatic carbocycles. The van der Waals surface area contributed by atoms with E-state index in [1.807, 2.05) is 0 Å². The number of halogens is 1. The Labute approximate surface area is 149 Å². The molecular formula is C14H21BrN2O2S3. The lowest BCUT2D eigenvalue weighted by atomic mass is 9.96. The molecule has 0 spiro atoms. The summed E-state index contributed by atoms with van der Waals surface area (Å²) in [6.45, 7) is 2.79. The number of rotatable bonds is 5. The molecule has 124 valence electrons. The third-order valence-electron chi connectivity index (χ3n) is 4.45. The molecule has 4 nitrogen and oxygen atoms in total. The molecule has 0 unspecified atom stereocenters. The highest BCUT2D eigenvalue weighted by Gasteiger charge is 2.28. The van der Waals surface area contributed by atoms with Gasteiger partial charge in [-0.15, -0.1) is 11.3 Å². The predicted octanol–water partition coefficient (Wildman–Crippen LogP) is 3.01. The fourth-order valence-corrected chi connectivity index (χ4v) is 7.50. The van der Waals surface area contributed by atoms with Crippen LogP contribution < -0.4 is 4.72 Å². The summed E-state index contributed by atoms with van der Waals surface area (Å²) in [5.41, 5.74) is 0. The SMILES string of the molecule is O=S(=O)(NCC1CCN([C@H]2CCSC2)CC1)c1ccc(Br)s1. The van der Waals surface area contributed by atoms with E-state index >= 15 is 0 Å². The second-order valence-electron chi connectivity index (χ2n) is 5.91. The Morgan fingerprint density at radius 2 is 2.05 bits per heavy atom. The molecule has 1 aromatic heterocycles. The molecule has 2 fully saturated rings. The van der Waals surface area contributed by atoms with Gasteiger partial charge in [-0.25, -0.2) is 13.1 Å². The van der Waals surface area contributed by atoms with Crippen LogP contribution in [-0.2, 0) is 10.0 Å². The van der Waals surface area contributed by atoms with Gasteiger partial charge in [-0.1, -0.05) is 0 Å². The predicted molar refractivity (Wildman–Crippen MR) is 97.2 cm³/mol. The Hall–Kier alpha value is 0.400. The normalized spacial score (nSPS) is 24.9. The van der Waals surface area contributed by atoms with E-state index in [1.54, 1.807) is 12.1 Å². The van der Waals surface area contributed by atoms with Crippen LogP contribution in [0.2, 0.25) is 0 Å². The molecule has 2 saturated heterocycles. The molecule has 2 aliphatic rings. The van der Waals surface area contributed by atoms with Gasteiger partial charge in [0.15, 0.2) is 0 Å². The summed E-state index contributed by atoms with van der Waals surface area (Å²) in [6.07, 6.45) is 3.50. The summed E-state index contributed by atoms with van der Waals surface area (Å²) < 4.78 is 28.5. The summed E-state index contributed by atoms with van der Waals surface area (Å²) in [7, 11) is -3.35. The van der Waals surface area contributed by atoms with E-state index in [2.05, 4.69) is 37.3 Å². The Morgan fingerprint density at radius 3 is 2.64 bits per heavy atom. The molecule has 0 aliphatic carbocycles. The first-order valence-corrected chi connectivity index (χ1v) is 11.9. The molecule has 0 amide bonds. The summed E-state index contributed by atoms with van der Waals surface area (Å²) in [4.78, 5) is 2.60. The first-order valence-electron chi connectivity index (χ1n) is 7.61. The van der Waals surface area contributed by atoms with Crippen molar-refractivity contribution in [3.63, 3.8) is 0 Å². The zero-order valence-electron chi connectivity index (χ0n) is 12.3. The molecule has 0 saturated carbocycles. The van der Waals surface area contributed by atoms with E-state index in [-0.39, 0.29) is 0 Å². The first kappa shape index (κ1) is 17.2. The molecular weight excluding hydrogens is 404 g/mol. The van der Waals surface area contributed by atoms with E-state index in [0.717, 1.165) is 35.8 Å². The van der Waals surface area contributed by atoms with Crippen LogP contribution in [0.5, 0.6) is 0 Å². The number of nitrogens with one attached hydrogen (secondary N) is 1. The zero-order valence-corrected chi connectivity index (χ0v) is 16.4. The maximum atomic E-state index is 12.2. The maximum absolute atomic E-state index is 12.2. The van der Waals surface area contributed by atoms with Gasteiger partial charge < -0.3 is 0 Å². The largest absolute Gasteiger partial charge is 0.300 e. The van der Waals surface area contributed by atoms with Gasteiger partial charge in [0, 0.05) is 18.3 Å².